The van der Waals surface area contributed by atoms with Crippen LogP contribution in [0.25, 0.3) is 5.95 Å². The standard InChI is InChI=1S/C16H25N7OS/c1-4-13-7-5-6-8-21(13)14(24)10-25-16-19-18-15(22(16)17)23-12(3)9-11(2)20-23/h9,13H,4-8,10,17H2,1-3H3/t13-/m1/s1. The Bertz CT molecular complexity index is 754. The summed E-state index contributed by atoms with van der Waals surface area (Å²) < 4.78 is 3.05. The first-order chi connectivity index (χ1) is 12.0. The number of nitrogens with two attached hydrogens (primary N) is 1. The van der Waals surface area contributed by atoms with Gasteiger partial charge in [-0.15, -0.1) is 10.2 Å². The average Bonchev–Trinajstić information content (AvgIpc) is 3.13. The average molecular weight is 363 g/mol. The van der Waals surface area contributed by atoms with Crippen LogP contribution in [0.3, 0.4) is 0 Å². The lowest BCUT2D eigenvalue weighted by molar-refractivity contribution is -0.132. The van der Waals surface area contributed by atoms with Crippen LogP contribution in [0, 0.1) is 13.8 Å². The van der Waals surface area contributed by atoms with Gasteiger partial charge in [0, 0.05) is 18.3 Å². The number of aromatic nitrogens is 5. The summed E-state index contributed by atoms with van der Waals surface area (Å²) in [6.45, 7) is 6.84. The molecule has 0 aromatic carbocycles. The van der Waals surface area contributed by atoms with E-state index in [-0.39, 0.29) is 5.91 Å². The number of piperidine rings is 1. The smallest absolute Gasteiger partial charge is 0.271 e. The molecule has 1 aliphatic heterocycles. The molecular weight excluding hydrogens is 338 g/mol. The number of rotatable bonds is 5. The molecular formula is C16H25N7OS. The van der Waals surface area contributed by atoms with Crippen LogP contribution >= 0.6 is 11.8 Å². The molecule has 1 fully saturated rings. The van der Waals surface area contributed by atoms with Gasteiger partial charge in [0.15, 0.2) is 0 Å². The van der Waals surface area contributed by atoms with Crippen LogP contribution in [0.15, 0.2) is 11.2 Å². The van der Waals surface area contributed by atoms with Crippen molar-refractivity contribution in [1.29, 1.82) is 0 Å². The molecule has 0 unspecified atom stereocenters. The van der Waals surface area contributed by atoms with Crippen molar-refractivity contribution >= 4 is 17.7 Å². The summed E-state index contributed by atoms with van der Waals surface area (Å²) in [6.07, 6.45) is 4.40. The molecule has 136 valence electrons. The fourth-order valence-corrected chi connectivity index (χ4v) is 4.04. The van der Waals surface area contributed by atoms with Crippen LogP contribution in [0.1, 0.15) is 44.0 Å². The van der Waals surface area contributed by atoms with E-state index in [1.807, 2.05) is 24.8 Å². The Hall–Kier alpha value is -2.03. The molecule has 2 aromatic rings. The second-order valence-corrected chi connectivity index (χ2v) is 7.37. The van der Waals surface area contributed by atoms with Gasteiger partial charge in [-0.05, 0) is 45.6 Å². The van der Waals surface area contributed by atoms with E-state index in [1.54, 1.807) is 4.68 Å². The predicted molar refractivity (Wildman–Crippen MR) is 97.1 cm³/mol. The van der Waals surface area contributed by atoms with E-state index < -0.39 is 0 Å². The number of likely N-dealkylation sites (tertiary alicyclic amines) is 1. The Morgan fingerprint density at radius 1 is 1.36 bits per heavy atom. The summed E-state index contributed by atoms with van der Waals surface area (Å²) in [5.74, 6) is 7.03. The van der Waals surface area contributed by atoms with E-state index in [0.717, 1.165) is 37.2 Å². The second-order valence-electron chi connectivity index (χ2n) is 6.43. The highest BCUT2D eigenvalue weighted by Crippen LogP contribution is 2.23. The zero-order valence-corrected chi connectivity index (χ0v) is 15.8. The molecule has 1 amide bonds. The van der Waals surface area contributed by atoms with E-state index in [1.165, 1.54) is 22.9 Å². The summed E-state index contributed by atoms with van der Waals surface area (Å²) in [4.78, 5) is 14.6. The molecule has 0 bridgehead atoms. The number of nitrogens with zero attached hydrogens (tertiary/aromatic N) is 6. The molecule has 9 heteroatoms. The first kappa shape index (κ1) is 17.8. The first-order valence-electron chi connectivity index (χ1n) is 8.67. The van der Waals surface area contributed by atoms with Crippen molar-refractivity contribution in [2.24, 2.45) is 0 Å². The van der Waals surface area contributed by atoms with Crippen molar-refractivity contribution < 1.29 is 4.79 Å². The van der Waals surface area contributed by atoms with E-state index in [9.17, 15) is 4.79 Å². The third-order valence-electron chi connectivity index (χ3n) is 4.59. The van der Waals surface area contributed by atoms with E-state index >= 15 is 0 Å². The van der Waals surface area contributed by atoms with Crippen LogP contribution in [-0.2, 0) is 4.79 Å². The van der Waals surface area contributed by atoms with Gasteiger partial charge in [0.1, 0.15) is 0 Å². The van der Waals surface area contributed by atoms with Gasteiger partial charge in [0.25, 0.3) is 5.95 Å². The van der Waals surface area contributed by atoms with Gasteiger partial charge in [-0.25, -0.2) is 9.36 Å². The molecule has 1 atom stereocenters. The number of carbonyl (C=O) groups excluding carboxylic acids is 1. The lowest BCUT2D eigenvalue weighted by Gasteiger charge is -2.35. The van der Waals surface area contributed by atoms with Crippen molar-refractivity contribution in [2.45, 2.75) is 57.7 Å². The number of carbonyl (C=O) groups is 1. The minimum absolute atomic E-state index is 0.146. The van der Waals surface area contributed by atoms with Crippen molar-refractivity contribution in [1.82, 2.24) is 29.6 Å². The van der Waals surface area contributed by atoms with Gasteiger partial charge in [-0.1, -0.05) is 18.7 Å². The minimum atomic E-state index is 0.146. The molecule has 0 saturated carbocycles. The Kier molecular flexibility index (Phi) is 5.31. The highest BCUT2D eigenvalue weighted by atomic mass is 32.2. The van der Waals surface area contributed by atoms with Crippen LogP contribution < -0.4 is 5.84 Å². The molecule has 0 aliphatic carbocycles. The highest BCUT2D eigenvalue weighted by molar-refractivity contribution is 7.99. The van der Waals surface area contributed by atoms with Gasteiger partial charge in [-0.3, -0.25) is 4.79 Å². The Balaban J connectivity index is 1.68. The van der Waals surface area contributed by atoms with Gasteiger partial charge in [-0.2, -0.15) is 5.10 Å². The Morgan fingerprint density at radius 3 is 2.84 bits per heavy atom. The third kappa shape index (κ3) is 3.65. The summed E-state index contributed by atoms with van der Waals surface area (Å²) in [6, 6.07) is 2.31. The summed E-state index contributed by atoms with van der Waals surface area (Å²) in [5.41, 5.74) is 1.82. The lowest BCUT2D eigenvalue weighted by atomic mass is 10.0. The normalized spacial score (nSPS) is 17.9. The SMILES string of the molecule is CC[C@@H]1CCCCN1C(=O)CSc1nnc(-n2nc(C)cc2C)n1N. The zero-order chi connectivity index (χ0) is 18.0. The monoisotopic (exact) mass is 363 g/mol. The van der Waals surface area contributed by atoms with Crippen LogP contribution in [0.5, 0.6) is 0 Å². The summed E-state index contributed by atoms with van der Waals surface area (Å²) in [5, 5.41) is 13.1. The van der Waals surface area contributed by atoms with Crippen molar-refractivity contribution in [3.05, 3.63) is 17.5 Å². The van der Waals surface area contributed by atoms with Crippen molar-refractivity contribution in [3.63, 3.8) is 0 Å². The Morgan fingerprint density at radius 2 is 2.16 bits per heavy atom. The molecule has 1 aliphatic rings. The van der Waals surface area contributed by atoms with Gasteiger partial charge < -0.3 is 10.7 Å². The highest BCUT2D eigenvalue weighted by Gasteiger charge is 2.26. The van der Waals surface area contributed by atoms with Gasteiger partial charge >= 0.3 is 0 Å². The van der Waals surface area contributed by atoms with E-state index in [4.69, 9.17) is 5.84 Å². The van der Waals surface area contributed by atoms with E-state index in [0.29, 0.717) is 22.9 Å². The number of thioether (sulfide) groups is 1. The maximum Gasteiger partial charge on any atom is 0.271 e. The fourth-order valence-electron chi connectivity index (χ4n) is 3.31. The number of hydrogen-bond donors (Lipinski definition) is 1. The molecule has 25 heavy (non-hydrogen) atoms. The molecule has 0 radical (unpaired) electrons. The predicted octanol–water partition coefficient (Wildman–Crippen LogP) is 1.68. The molecule has 8 nitrogen and oxygen atoms in total. The first-order valence-corrected chi connectivity index (χ1v) is 9.66. The summed E-state index contributed by atoms with van der Waals surface area (Å²) >= 11 is 1.32. The third-order valence-corrected chi connectivity index (χ3v) is 5.52. The number of nitrogen functional groups attached to an aromatic ring is 1. The fraction of sp³-hybridized carbons (Fsp3) is 0.625. The quantitative estimate of drug-likeness (QED) is 0.641. The van der Waals surface area contributed by atoms with Crippen molar-refractivity contribution in [3.8, 4) is 5.95 Å². The second kappa shape index (κ2) is 7.47. The molecule has 3 heterocycles. The molecule has 0 spiro atoms. The minimum Gasteiger partial charge on any atom is -0.339 e. The molecule has 2 N–H and O–H groups in total. The van der Waals surface area contributed by atoms with Gasteiger partial charge in [0.2, 0.25) is 11.1 Å². The van der Waals surface area contributed by atoms with Gasteiger partial charge in [0.05, 0.1) is 11.4 Å². The van der Waals surface area contributed by atoms with Crippen LogP contribution in [0.4, 0.5) is 0 Å². The van der Waals surface area contributed by atoms with Crippen molar-refractivity contribution in [2.75, 3.05) is 18.1 Å². The molecule has 1 saturated heterocycles. The summed E-state index contributed by atoms with van der Waals surface area (Å²) in [7, 11) is 0. The topological polar surface area (TPSA) is 94.9 Å². The lowest BCUT2D eigenvalue weighted by Crippen LogP contribution is -2.44. The zero-order valence-electron chi connectivity index (χ0n) is 15.0. The van der Waals surface area contributed by atoms with Crippen LogP contribution in [0.2, 0.25) is 0 Å². The number of aryl methyl sites for hydroxylation is 2. The maximum atomic E-state index is 12.6. The number of amides is 1. The Labute approximate surface area is 151 Å². The molecule has 3 rings (SSSR count). The maximum absolute atomic E-state index is 12.6. The van der Waals surface area contributed by atoms with E-state index in [2.05, 4.69) is 22.2 Å². The largest absolute Gasteiger partial charge is 0.339 e. The number of hydrogen-bond acceptors (Lipinski definition) is 6. The molecule has 2 aromatic heterocycles. The van der Waals surface area contributed by atoms with Crippen LogP contribution in [-0.4, -0.2) is 53.8 Å².